The van der Waals surface area contributed by atoms with Crippen LogP contribution in [0.2, 0.25) is 5.28 Å². The molecule has 0 saturated heterocycles. The van der Waals surface area contributed by atoms with Gasteiger partial charge in [-0.3, -0.25) is 5.10 Å². The van der Waals surface area contributed by atoms with Gasteiger partial charge in [0.25, 0.3) is 0 Å². The average Bonchev–Trinajstić information content (AvgIpc) is 2.66. The minimum absolute atomic E-state index is 0.247. The third kappa shape index (κ3) is 2.30. The summed E-state index contributed by atoms with van der Waals surface area (Å²) in [6, 6.07) is 0. The summed E-state index contributed by atoms with van der Waals surface area (Å²) in [4.78, 5) is 8.01. The third-order valence-corrected chi connectivity index (χ3v) is 2.51. The van der Waals surface area contributed by atoms with E-state index < -0.39 is 0 Å². The lowest BCUT2D eigenvalue weighted by Crippen LogP contribution is -2.04. The van der Waals surface area contributed by atoms with Gasteiger partial charge in [-0.2, -0.15) is 5.10 Å². The molecule has 0 aliphatic carbocycles. The lowest BCUT2D eigenvalue weighted by atomic mass is 10.2. The molecule has 0 aromatic carbocycles. The van der Waals surface area contributed by atoms with E-state index in [9.17, 15) is 0 Å². The van der Waals surface area contributed by atoms with Gasteiger partial charge < -0.3 is 5.32 Å². The quantitative estimate of drug-likeness (QED) is 0.803. The molecule has 6 heteroatoms. The summed E-state index contributed by atoms with van der Waals surface area (Å²) in [5.74, 6) is 0.751. The van der Waals surface area contributed by atoms with Crippen LogP contribution in [0.15, 0.2) is 12.4 Å². The number of aromatic nitrogens is 4. The van der Waals surface area contributed by atoms with Gasteiger partial charge in [0.15, 0.2) is 0 Å². The molecule has 0 bridgehead atoms. The number of anilines is 1. The van der Waals surface area contributed by atoms with Crippen molar-refractivity contribution in [1.29, 1.82) is 0 Å². The molecule has 0 unspecified atom stereocenters. The van der Waals surface area contributed by atoms with Crippen LogP contribution in [-0.2, 0) is 6.54 Å². The van der Waals surface area contributed by atoms with Gasteiger partial charge in [0.1, 0.15) is 5.82 Å². The summed E-state index contributed by atoms with van der Waals surface area (Å²) < 4.78 is 0. The van der Waals surface area contributed by atoms with Crippen molar-refractivity contribution >= 4 is 17.4 Å². The second kappa shape index (κ2) is 4.49. The first-order valence-corrected chi connectivity index (χ1v) is 5.26. The molecule has 2 heterocycles. The fourth-order valence-electron chi connectivity index (χ4n) is 1.33. The largest absolute Gasteiger partial charge is 0.366 e. The van der Waals surface area contributed by atoms with E-state index in [0.29, 0.717) is 6.54 Å². The highest BCUT2D eigenvalue weighted by Gasteiger charge is 2.04. The maximum atomic E-state index is 5.73. The first-order chi connectivity index (χ1) is 7.66. The number of nitrogens with one attached hydrogen (secondary N) is 2. The molecule has 0 aliphatic rings. The highest BCUT2D eigenvalue weighted by atomic mass is 35.5. The van der Waals surface area contributed by atoms with E-state index in [0.717, 1.165) is 22.6 Å². The van der Waals surface area contributed by atoms with Gasteiger partial charge >= 0.3 is 0 Å². The van der Waals surface area contributed by atoms with Crippen LogP contribution in [0, 0.1) is 13.8 Å². The monoisotopic (exact) mass is 237 g/mol. The molecule has 0 spiro atoms. The van der Waals surface area contributed by atoms with E-state index in [1.54, 1.807) is 12.4 Å². The molecule has 0 saturated carbocycles. The zero-order chi connectivity index (χ0) is 11.5. The Morgan fingerprint density at radius 1 is 1.38 bits per heavy atom. The standard InChI is InChI=1S/C10H12ClN5/c1-6-3-13-10(11)15-9(6)12-4-8-5-14-16-7(8)2/h3,5H,4H2,1-2H3,(H,14,16)(H,12,13,15). The Morgan fingerprint density at radius 2 is 2.19 bits per heavy atom. The Kier molecular flexibility index (Phi) is 3.05. The van der Waals surface area contributed by atoms with Crippen LogP contribution < -0.4 is 5.32 Å². The molecule has 0 fully saturated rings. The smallest absolute Gasteiger partial charge is 0.224 e. The number of H-pyrrole nitrogens is 1. The third-order valence-electron chi connectivity index (χ3n) is 2.32. The number of hydrogen-bond donors (Lipinski definition) is 2. The lowest BCUT2D eigenvalue weighted by molar-refractivity contribution is 1.03. The van der Waals surface area contributed by atoms with Crippen molar-refractivity contribution in [2.75, 3.05) is 5.32 Å². The highest BCUT2D eigenvalue weighted by molar-refractivity contribution is 6.28. The molecule has 84 valence electrons. The summed E-state index contributed by atoms with van der Waals surface area (Å²) >= 11 is 5.73. The van der Waals surface area contributed by atoms with Crippen molar-refractivity contribution in [2.45, 2.75) is 20.4 Å². The Morgan fingerprint density at radius 3 is 2.88 bits per heavy atom. The fourth-order valence-corrected chi connectivity index (χ4v) is 1.47. The van der Waals surface area contributed by atoms with Crippen LogP contribution in [-0.4, -0.2) is 20.2 Å². The SMILES string of the molecule is Cc1cnc(Cl)nc1NCc1cn[nH]c1C. The molecule has 2 rings (SSSR count). The Bertz CT molecular complexity index is 494. The highest BCUT2D eigenvalue weighted by Crippen LogP contribution is 2.14. The van der Waals surface area contributed by atoms with Crippen molar-refractivity contribution in [3.63, 3.8) is 0 Å². The van der Waals surface area contributed by atoms with Crippen molar-refractivity contribution in [2.24, 2.45) is 0 Å². The summed E-state index contributed by atoms with van der Waals surface area (Å²) in [6.07, 6.45) is 3.49. The zero-order valence-corrected chi connectivity index (χ0v) is 9.84. The van der Waals surface area contributed by atoms with Crippen molar-refractivity contribution in [1.82, 2.24) is 20.2 Å². The average molecular weight is 238 g/mol. The predicted molar refractivity (Wildman–Crippen MR) is 62.4 cm³/mol. The fraction of sp³-hybridized carbons (Fsp3) is 0.300. The lowest BCUT2D eigenvalue weighted by Gasteiger charge is -2.07. The molecule has 5 nitrogen and oxygen atoms in total. The molecular weight excluding hydrogens is 226 g/mol. The van der Waals surface area contributed by atoms with Gasteiger partial charge in [0.2, 0.25) is 5.28 Å². The Hall–Kier alpha value is -1.62. The Labute approximate surface area is 98.3 Å². The van der Waals surface area contributed by atoms with E-state index in [4.69, 9.17) is 11.6 Å². The second-order valence-electron chi connectivity index (χ2n) is 3.54. The maximum absolute atomic E-state index is 5.73. The second-order valence-corrected chi connectivity index (χ2v) is 3.88. The van der Waals surface area contributed by atoms with Gasteiger partial charge in [0, 0.05) is 29.6 Å². The van der Waals surface area contributed by atoms with Gasteiger partial charge in [-0.15, -0.1) is 0 Å². The van der Waals surface area contributed by atoms with E-state index in [1.807, 2.05) is 13.8 Å². The minimum atomic E-state index is 0.247. The number of aromatic amines is 1. The normalized spacial score (nSPS) is 10.4. The van der Waals surface area contributed by atoms with Crippen molar-refractivity contribution in [3.05, 3.63) is 34.5 Å². The molecule has 2 aromatic heterocycles. The number of aryl methyl sites for hydroxylation is 2. The molecule has 16 heavy (non-hydrogen) atoms. The number of hydrogen-bond acceptors (Lipinski definition) is 4. The van der Waals surface area contributed by atoms with Crippen LogP contribution in [0.3, 0.4) is 0 Å². The van der Waals surface area contributed by atoms with E-state index >= 15 is 0 Å². The van der Waals surface area contributed by atoms with Crippen LogP contribution in [0.4, 0.5) is 5.82 Å². The molecule has 0 radical (unpaired) electrons. The summed E-state index contributed by atoms with van der Waals surface area (Å²) in [5, 5.41) is 10.3. The van der Waals surface area contributed by atoms with Gasteiger partial charge in [-0.25, -0.2) is 9.97 Å². The van der Waals surface area contributed by atoms with Crippen molar-refractivity contribution in [3.8, 4) is 0 Å². The van der Waals surface area contributed by atoms with Crippen LogP contribution in [0.1, 0.15) is 16.8 Å². The molecule has 2 N–H and O–H groups in total. The molecular formula is C10H12ClN5. The van der Waals surface area contributed by atoms with Gasteiger partial charge in [-0.1, -0.05) is 0 Å². The number of nitrogens with zero attached hydrogens (tertiary/aromatic N) is 3. The summed E-state index contributed by atoms with van der Waals surface area (Å²) in [6.45, 7) is 4.57. The summed E-state index contributed by atoms with van der Waals surface area (Å²) in [5.41, 5.74) is 3.12. The maximum Gasteiger partial charge on any atom is 0.224 e. The summed E-state index contributed by atoms with van der Waals surface area (Å²) in [7, 11) is 0. The van der Waals surface area contributed by atoms with Gasteiger partial charge in [-0.05, 0) is 25.4 Å². The first-order valence-electron chi connectivity index (χ1n) is 4.88. The van der Waals surface area contributed by atoms with E-state index in [-0.39, 0.29) is 5.28 Å². The molecule has 0 atom stereocenters. The number of rotatable bonds is 3. The van der Waals surface area contributed by atoms with E-state index in [1.165, 1.54) is 0 Å². The van der Waals surface area contributed by atoms with Crippen LogP contribution in [0.5, 0.6) is 0 Å². The van der Waals surface area contributed by atoms with Crippen LogP contribution in [0.25, 0.3) is 0 Å². The predicted octanol–water partition coefficient (Wildman–Crippen LogP) is 2.08. The zero-order valence-electron chi connectivity index (χ0n) is 9.08. The van der Waals surface area contributed by atoms with E-state index in [2.05, 4.69) is 25.5 Å². The van der Waals surface area contributed by atoms with Crippen LogP contribution >= 0.6 is 11.6 Å². The van der Waals surface area contributed by atoms with Gasteiger partial charge in [0.05, 0.1) is 6.20 Å². The van der Waals surface area contributed by atoms with Crippen molar-refractivity contribution < 1.29 is 0 Å². The minimum Gasteiger partial charge on any atom is -0.366 e. The first kappa shape index (κ1) is 10.9. The molecule has 0 amide bonds. The topological polar surface area (TPSA) is 66.5 Å². The Balaban J connectivity index is 2.10. The molecule has 0 aliphatic heterocycles. The number of halogens is 1. The molecule has 2 aromatic rings.